The van der Waals surface area contributed by atoms with Crippen LogP contribution in [-0.4, -0.2) is 37.7 Å². The van der Waals surface area contributed by atoms with Crippen LogP contribution in [0, 0.1) is 19.7 Å². The van der Waals surface area contributed by atoms with Gasteiger partial charge in [-0.1, -0.05) is 18.2 Å². The fourth-order valence-electron chi connectivity index (χ4n) is 3.22. The van der Waals surface area contributed by atoms with Crippen LogP contribution in [0.2, 0.25) is 0 Å². The van der Waals surface area contributed by atoms with E-state index in [2.05, 4.69) is 37.1 Å². The highest BCUT2D eigenvalue weighted by Crippen LogP contribution is 2.36. The van der Waals surface area contributed by atoms with Gasteiger partial charge in [-0.05, 0) is 82.9 Å². The predicted octanol–water partition coefficient (Wildman–Crippen LogP) is 4.32. The number of nitrogens with one attached hydrogen (secondary N) is 3. The Morgan fingerprint density at radius 3 is 2.32 bits per heavy atom. The molecule has 3 amide bonds. The van der Waals surface area contributed by atoms with Crippen LogP contribution in [0.25, 0.3) is 0 Å². The van der Waals surface area contributed by atoms with Gasteiger partial charge in [0.25, 0.3) is 5.91 Å². The van der Waals surface area contributed by atoms with Crippen molar-refractivity contribution in [1.29, 1.82) is 0 Å². The summed E-state index contributed by atoms with van der Waals surface area (Å²) < 4.78 is 24.5. The smallest absolute Gasteiger partial charge is 0.329 e. The first kappa shape index (κ1) is 27.3. The number of benzene rings is 3. The lowest BCUT2D eigenvalue weighted by Crippen LogP contribution is -2.32. The van der Waals surface area contributed by atoms with Crippen LogP contribution < -0.4 is 25.5 Å². The number of halogens is 2. The first-order valence-electron chi connectivity index (χ1n) is 10.9. The normalized spacial score (nSPS) is 10.6. The van der Waals surface area contributed by atoms with Crippen molar-refractivity contribution in [3.8, 4) is 11.5 Å². The van der Waals surface area contributed by atoms with Gasteiger partial charge in [0, 0.05) is 11.4 Å². The molecule has 9 nitrogen and oxygen atoms in total. The lowest BCUT2D eigenvalue weighted by Gasteiger charge is -2.15. The maximum Gasteiger partial charge on any atom is 0.329 e. The molecule has 0 unspecified atom stereocenters. The number of methoxy groups -OCH3 is 1. The van der Waals surface area contributed by atoms with Crippen molar-refractivity contribution in [2.24, 2.45) is 5.10 Å². The van der Waals surface area contributed by atoms with Crippen molar-refractivity contribution in [2.45, 2.75) is 13.8 Å². The summed E-state index contributed by atoms with van der Waals surface area (Å²) >= 11 is 3.39. The number of carbonyl (C=O) groups excluding carboxylic acids is 3. The van der Waals surface area contributed by atoms with Crippen molar-refractivity contribution in [3.63, 3.8) is 0 Å². The average molecular weight is 571 g/mol. The standard InChI is InChI=1S/C26H24BrFN4O5/c1-15-5-4-6-16(2)23(15)31-22(33)14-37-24-20(27)11-17(12-21(24)36-3)13-29-32-26(35)25(34)30-19-9-7-18(28)8-10-19/h4-13H,14H2,1-3H3,(H,30,34)(H,31,33)(H,32,35)/b29-13-. The van der Waals surface area contributed by atoms with E-state index < -0.39 is 17.6 Å². The molecule has 0 fully saturated rings. The summed E-state index contributed by atoms with van der Waals surface area (Å²) in [6.07, 6.45) is 1.30. The summed E-state index contributed by atoms with van der Waals surface area (Å²) in [5.74, 6) is -2.16. The number of para-hydroxylation sites is 1. The Morgan fingerprint density at radius 2 is 1.68 bits per heavy atom. The Balaban J connectivity index is 1.59. The summed E-state index contributed by atoms with van der Waals surface area (Å²) in [6, 6.07) is 13.9. The fraction of sp³-hybridized carbons (Fsp3) is 0.154. The summed E-state index contributed by atoms with van der Waals surface area (Å²) in [5, 5.41) is 8.96. The molecule has 0 aliphatic heterocycles. The zero-order valence-electron chi connectivity index (χ0n) is 20.2. The molecular formula is C26H24BrFN4O5. The number of carbonyl (C=O) groups is 3. The second-order valence-electron chi connectivity index (χ2n) is 7.80. The van der Waals surface area contributed by atoms with Gasteiger partial charge >= 0.3 is 11.8 Å². The molecule has 3 N–H and O–H groups in total. The van der Waals surface area contributed by atoms with Crippen LogP contribution in [0.5, 0.6) is 11.5 Å². The highest BCUT2D eigenvalue weighted by molar-refractivity contribution is 9.10. The van der Waals surface area contributed by atoms with Gasteiger partial charge in [0.1, 0.15) is 5.82 Å². The van der Waals surface area contributed by atoms with Gasteiger partial charge in [-0.3, -0.25) is 14.4 Å². The van der Waals surface area contributed by atoms with E-state index in [1.807, 2.05) is 32.0 Å². The number of rotatable bonds is 8. The van der Waals surface area contributed by atoms with E-state index in [0.29, 0.717) is 21.5 Å². The number of nitrogens with zero attached hydrogens (tertiary/aromatic N) is 1. The maximum absolute atomic E-state index is 13.0. The van der Waals surface area contributed by atoms with E-state index in [9.17, 15) is 18.8 Å². The van der Waals surface area contributed by atoms with Crippen LogP contribution in [0.15, 0.2) is 64.2 Å². The van der Waals surface area contributed by atoms with Gasteiger partial charge in [-0.15, -0.1) is 0 Å². The summed E-state index contributed by atoms with van der Waals surface area (Å²) in [4.78, 5) is 36.4. The predicted molar refractivity (Wildman–Crippen MR) is 142 cm³/mol. The SMILES string of the molecule is COc1cc(/C=N\NC(=O)C(=O)Nc2ccc(F)cc2)cc(Br)c1OCC(=O)Nc1c(C)cccc1C. The monoisotopic (exact) mass is 570 g/mol. The molecule has 0 saturated heterocycles. The Hall–Kier alpha value is -4.25. The van der Waals surface area contributed by atoms with E-state index in [1.54, 1.807) is 12.1 Å². The van der Waals surface area contributed by atoms with Crippen molar-refractivity contribution >= 4 is 51.2 Å². The topological polar surface area (TPSA) is 118 Å². The quantitative estimate of drug-likeness (QED) is 0.212. The summed E-state index contributed by atoms with van der Waals surface area (Å²) in [7, 11) is 1.44. The third kappa shape index (κ3) is 7.61. The van der Waals surface area contributed by atoms with Gasteiger partial charge < -0.3 is 20.1 Å². The molecule has 37 heavy (non-hydrogen) atoms. The van der Waals surface area contributed by atoms with E-state index >= 15 is 0 Å². The zero-order valence-corrected chi connectivity index (χ0v) is 21.8. The Kier molecular flexibility index (Phi) is 9.33. The minimum Gasteiger partial charge on any atom is -0.493 e. The van der Waals surface area contributed by atoms with Gasteiger partial charge in [-0.25, -0.2) is 9.82 Å². The van der Waals surface area contributed by atoms with Gasteiger partial charge in [-0.2, -0.15) is 5.10 Å². The number of ether oxygens (including phenoxy) is 2. The first-order chi connectivity index (χ1) is 17.7. The molecule has 0 aromatic heterocycles. The second-order valence-corrected chi connectivity index (χ2v) is 8.65. The lowest BCUT2D eigenvalue weighted by molar-refractivity contribution is -0.136. The Labute approximate surface area is 221 Å². The van der Waals surface area contributed by atoms with Crippen molar-refractivity contribution in [1.82, 2.24) is 5.43 Å². The van der Waals surface area contributed by atoms with Crippen LogP contribution in [0.4, 0.5) is 15.8 Å². The van der Waals surface area contributed by atoms with E-state index in [1.165, 1.54) is 25.5 Å². The number of amides is 3. The van der Waals surface area contributed by atoms with E-state index in [0.717, 1.165) is 28.9 Å². The summed E-state index contributed by atoms with van der Waals surface area (Å²) in [5.41, 5.74) is 5.50. The average Bonchev–Trinajstić information content (AvgIpc) is 2.86. The molecular weight excluding hydrogens is 547 g/mol. The molecule has 0 spiro atoms. The number of hydrogen-bond acceptors (Lipinski definition) is 6. The second kappa shape index (κ2) is 12.6. The molecule has 3 rings (SSSR count). The van der Waals surface area contributed by atoms with Crippen molar-refractivity contribution in [3.05, 3.63) is 81.6 Å². The molecule has 0 aliphatic carbocycles. The molecule has 0 aliphatic rings. The molecule has 3 aromatic carbocycles. The number of hydrogen-bond donors (Lipinski definition) is 3. The number of hydrazone groups is 1. The molecule has 0 atom stereocenters. The first-order valence-corrected chi connectivity index (χ1v) is 11.7. The van der Waals surface area contributed by atoms with Gasteiger partial charge in [0.05, 0.1) is 17.8 Å². The highest BCUT2D eigenvalue weighted by atomic mass is 79.9. The highest BCUT2D eigenvalue weighted by Gasteiger charge is 2.15. The molecule has 0 saturated carbocycles. The van der Waals surface area contributed by atoms with E-state index in [-0.39, 0.29) is 18.2 Å². The minimum atomic E-state index is -1.01. The molecule has 0 radical (unpaired) electrons. The molecule has 3 aromatic rings. The minimum absolute atomic E-state index is 0.255. The molecule has 0 bridgehead atoms. The molecule has 0 heterocycles. The molecule has 11 heteroatoms. The van der Waals surface area contributed by atoms with Crippen molar-refractivity contribution in [2.75, 3.05) is 24.4 Å². The fourth-order valence-corrected chi connectivity index (χ4v) is 3.79. The van der Waals surface area contributed by atoms with Gasteiger partial charge in [0.2, 0.25) is 0 Å². The Bertz CT molecular complexity index is 1330. The van der Waals surface area contributed by atoms with Crippen molar-refractivity contribution < 1.29 is 28.2 Å². The van der Waals surface area contributed by atoms with Crippen LogP contribution in [0.1, 0.15) is 16.7 Å². The third-order valence-corrected chi connectivity index (χ3v) is 5.62. The Morgan fingerprint density at radius 1 is 1.00 bits per heavy atom. The number of anilines is 2. The maximum atomic E-state index is 13.0. The van der Waals surface area contributed by atoms with Crippen LogP contribution in [0.3, 0.4) is 0 Å². The van der Waals surface area contributed by atoms with E-state index in [4.69, 9.17) is 9.47 Å². The molecule has 192 valence electrons. The zero-order chi connectivity index (χ0) is 26.9. The summed E-state index contributed by atoms with van der Waals surface area (Å²) in [6.45, 7) is 3.56. The van der Waals surface area contributed by atoms with Crippen LogP contribution >= 0.6 is 15.9 Å². The third-order valence-electron chi connectivity index (χ3n) is 5.03. The largest absolute Gasteiger partial charge is 0.493 e. The lowest BCUT2D eigenvalue weighted by atomic mass is 10.1. The number of aryl methyl sites for hydroxylation is 2. The van der Waals surface area contributed by atoms with Crippen LogP contribution in [-0.2, 0) is 14.4 Å². The van der Waals surface area contributed by atoms with Gasteiger partial charge in [0.15, 0.2) is 18.1 Å².